The summed E-state index contributed by atoms with van der Waals surface area (Å²) >= 11 is 0. The first-order valence-corrected chi connectivity index (χ1v) is 9.71. The zero-order valence-corrected chi connectivity index (χ0v) is 14.9. The molecule has 0 bridgehead atoms. The number of hydrogen-bond acceptors (Lipinski definition) is 4. The Morgan fingerprint density at radius 1 is 0.889 bits per heavy atom. The third-order valence-corrected chi connectivity index (χ3v) is 6.10. The molecule has 27 heavy (non-hydrogen) atoms. The molecule has 0 aliphatic heterocycles. The van der Waals surface area contributed by atoms with Gasteiger partial charge in [-0.05, 0) is 54.1 Å². The number of furan rings is 1. The van der Waals surface area contributed by atoms with Crippen molar-refractivity contribution in [3.63, 3.8) is 0 Å². The number of halogens is 1. The van der Waals surface area contributed by atoms with Crippen molar-refractivity contribution in [3.8, 4) is 11.3 Å². The van der Waals surface area contributed by atoms with Gasteiger partial charge in [0.1, 0.15) is 17.2 Å². The fourth-order valence-electron chi connectivity index (χ4n) is 2.91. The molecular weight excluding hydrogens is 367 g/mol. The predicted octanol–water partition coefficient (Wildman–Crippen LogP) is 4.56. The van der Waals surface area contributed by atoms with E-state index in [4.69, 9.17) is 9.52 Å². The highest BCUT2D eigenvalue weighted by molar-refractivity contribution is 7.91. The molecule has 0 saturated carbocycles. The van der Waals surface area contributed by atoms with Gasteiger partial charge in [0, 0.05) is 5.39 Å². The fourth-order valence-corrected chi connectivity index (χ4v) is 4.23. The number of aliphatic hydroxyl groups excluding tert-OH is 1. The normalized spacial score (nSPS) is 11.8. The number of sulfone groups is 1. The minimum atomic E-state index is -3.65. The van der Waals surface area contributed by atoms with Gasteiger partial charge in [0.15, 0.2) is 0 Å². The lowest BCUT2D eigenvalue weighted by atomic mass is 10.1. The Balaban J connectivity index is 1.79. The van der Waals surface area contributed by atoms with Gasteiger partial charge in [-0.2, -0.15) is 0 Å². The average Bonchev–Trinajstić information content (AvgIpc) is 3.11. The van der Waals surface area contributed by atoms with Crippen molar-refractivity contribution in [2.45, 2.75) is 16.4 Å². The molecule has 0 aliphatic carbocycles. The Bertz CT molecular complexity index is 1230. The highest BCUT2D eigenvalue weighted by Gasteiger charge is 2.19. The van der Waals surface area contributed by atoms with E-state index in [0.717, 1.165) is 0 Å². The van der Waals surface area contributed by atoms with Crippen LogP contribution in [0.15, 0.2) is 87.0 Å². The molecule has 1 N–H and O–H groups in total. The molecule has 0 atom stereocenters. The summed E-state index contributed by atoms with van der Waals surface area (Å²) in [6.45, 7) is -0.252. The monoisotopic (exact) mass is 382 g/mol. The predicted molar refractivity (Wildman–Crippen MR) is 99.4 cm³/mol. The van der Waals surface area contributed by atoms with Gasteiger partial charge in [0.2, 0.25) is 9.84 Å². The van der Waals surface area contributed by atoms with Crippen molar-refractivity contribution in [3.05, 3.63) is 84.2 Å². The third kappa shape index (κ3) is 3.13. The number of aliphatic hydroxyl groups is 1. The van der Waals surface area contributed by atoms with Crippen LogP contribution in [0.5, 0.6) is 0 Å². The molecule has 136 valence electrons. The van der Waals surface area contributed by atoms with Crippen LogP contribution in [0, 0.1) is 5.82 Å². The summed E-state index contributed by atoms with van der Waals surface area (Å²) in [4.78, 5) is 0.350. The summed E-state index contributed by atoms with van der Waals surface area (Å²) in [7, 11) is -3.65. The number of benzene rings is 3. The first-order chi connectivity index (χ1) is 13.0. The molecule has 4 nitrogen and oxygen atoms in total. The van der Waals surface area contributed by atoms with E-state index < -0.39 is 15.7 Å². The summed E-state index contributed by atoms with van der Waals surface area (Å²) in [5, 5.41) is 9.65. The molecule has 0 saturated heterocycles. The van der Waals surface area contributed by atoms with E-state index in [-0.39, 0.29) is 22.0 Å². The average molecular weight is 382 g/mol. The second-order valence-electron chi connectivity index (χ2n) is 6.10. The topological polar surface area (TPSA) is 67.5 Å². The molecule has 0 radical (unpaired) electrons. The van der Waals surface area contributed by atoms with Gasteiger partial charge in [0.25, 0.3) is 0 Å². The van der Waals surface area contributed by atoms with Gasteiger partial charge in [-0.15, -0.1) is 0 Å². The Hall–Kier alpha value is -2.96. The van der Waals surface area contributed by atoms with Gasteiger partial charge in [-0.3, -0.25) is 0 Å². The van der Waals surface area contributed by atoms with Crippen LogP contribution >= 0.6 is 0 Å². The molecule has 0 fully saturated rings. The van der Waals surface area contributed by atoms with Gasteiger partial charge >= 0.3 is 0 Å². The van der Waals surface area contributed by atoms with Crippen LogP contribution < -0.4 is 0 Å². The van der Waals surface area contributed by atoms with E-state index in [1.54, 1.807) is 48.5 Å². The first kappa shape index (κ1) is 17.5. The molecule has 0 spiro atoms. The molecule has 0 amide bonds. The van der Waals surface area contributed by atoms with Gasteiger partial charge in [-0.1, -0.05) is 24.3 Å². The minimum Gasteiger partial charge on any atom is -0.456 e. The highest BCUT2D eigenvalue weighted by atomic mass is 32.2. The summed E-state index contributed by atoms with van der Waals surface area (Å²) < 4.78 is 45.5. The molecule has 3 aromatic carbocycles. The number of fused-ring (bicyclic) bond motifs is 1. The molecular formula is C21H15FO4S. The van der Waals surface area contributed by atoms with Crippen LogP contribution in [-0.2, 0) is 16.4 Å². The molecule has 4 aromatic rings. The van der Waals surface area contributed by atoms with Crippen LogP contribution in [0.4, 0.5) is 4.39 Å². The lowest BCUT2D eigenvalue weighted by Crippen LogP contribution is -2.01. The Morgan fingerprint density at radius 2 is 1.67 bits per heavy atom. The summed E-state index contributed by atoms with van der Waals surface area (Å²) in [5.74, 6) is -0.223. The van der Waals surface area contributed by atoms with E-state index in [9.17, 15) is 12.8 Å². The Morgan fingerprint density at radius 3 is 2.37 bits per heavy atom. The smallest absolute Gasteiger partial charge is 0.206 e. The van der Waals surface area contributed by atoms with Crippen molar-refractivity contribution in [2.24, 2.45) is 0 Å². The highest BCUT2D eigenvalue weighted by Crippen LogP contribution is 2.32. The molecule has 4 rings (SSSR count). The third-order valence-electron chi connectivity index (χ3n) is 4.33. The second kappa shape index (κ2) is 6.64. The van der Waals surface area contributed by atoms with Gasteiger partial charge in [-0.25, -0.2) is 12.8 Å². The maximum absolute atomic E-state index is 14.3. The largest absolute Gasteiger partial charge is 0.456 e. The van der Waals surface area contributed by atoms with Crippen LogP contribution in [0.1, 0.15) is 5.56 Å². The second-order valence-corrected chi connectivity index (χ2v) is 8.05. The quantitative estimate of drug-likeness (QED) is 0.562. The van der Waals surface area contributed by atoms with E-state index in [1.807, 2.05) is 0 Å². The van der Waals surface area contributed by atoms with E-state index in [0.29, 0.717) is 22.3 Å². The van der Waals surface area contributed by atoms with Crippen molar-refractivity contribution in [1.29, 1.82) is 0 Å². The van der Waals surface area contributed by atoms with Crippen LogP contribution in [0.2, 0.25) is 0 Å². The Kier molecular flexibility index (Phi) is 4.30. The zero-order valence-electron chi connectivity index (χ0n) is 14.1. The van der Waals surface area contributed by atoms with Crippen molar-refractivity contribution < 1.29 is 22.3 Å². The van der Waals surface area contributed by atoms with Crippen molar-refractivity contribution >= 4 is 20.8 Å². The van der Waals surface area contributed by atoms with Crippen LogP contribution in [0.25, 0.3) is 22.3 Å². The van der Waals surface area contributed by atoms with Crippen molar-refractivity contribution in [1.82, 2.24) is 0 Å². The Labute approximate surface area is 155 Å². The van der Waals surface area contributed by atoms with Crippen LogP contribution in [0.3, 0.4) is 0 Å². The standard InChI is InChI=1S/C21H15FO4S/c22-19-10-14(13-23)6-8-18(19)21-12-15-11-17(7-9-20(15)26-21)27(24,25)16-4-2-1-3-5-16/h1-12,23H,13H2. The van der Waals surface area contributed by atoms with E-state index in [2.05, 4.69) is 0 Å². The van der Waals surface area contributed by atoms with Gasteiger partial charge in [0.05, 0.1) is 22.0 Å². The molecule has 0 unspecified atom stereocenters. The number of hydrogen-bond donors (Lipinski definition) is 1. The van der Waals surface area contributed by atoms with E-state index in [1.165, 1.54) is 24.3 Å². The fraction of sp³-hybridized carbons (Fsp3) is 0.0476. The lowest BCUT2D eigenvalue weighted by Gasteiger charge is -2.04. The molecule has 1 heterocycles. The maximum Gasteiger partial charge on any atom is 0.206 e. The summed E-state index contributed by atoms with van der Waals surface area (Å²) in [5.41, 5.74) is 1.17. The molecule has 6 heteroatoms. The van der Waals surface area contributed by atoms with Crippen LogP contribution in [-0.4, -0.2) is 13.5 Å². The SMILES string of the molecule is O=S(=O)(c1ccccc1)c1ccc2oc(-c3ccc(CO)cc3F)cc2c1. The zero-order chi connectivity index (χ0) is 19.0. The molecule has 1 aromatic heterocycles. The number of rotatable bonds is 4. The maximum atomic E-state index is 14.3. The molecule has 0 aliphatic rings. The first-order valence-electron chi connectivity index (χ1n) is 8.22. The van der Waals surface area contributed by atoms with Gasteiger partial charge < -0.3 is 9.52 Å². The summed E-state index contributed by atoms with van der Waals surface area (Å²) in [6.07, 6.45) is 0. The summed E-state index contributed by atoms with van der Waals surface area (Å²) in [6, 6.07) is 18.7. The lowest BCUT2D eigenvalue weighted by molar-refractivity contribution is 0.281. The minimum absolute atomic E-state index is 0.143. The van der Waals surface area contributed by atoms with E-state index >= 15 is 0 Å². The van der Waals surface area contributed by atoms with Crippen molar-refractivity contribution in [2.75, 3.05) is 0 Å².